The first-order valence-electron chi connectivity index (χ1n) is 7.44. The quantitative estimate of drug-likeness (QED) is 0.780. The normalized spacial score (nSPS) is 15.8. The summed E-state index contributed by atoms with van der Waals surface area (Å²) in [7, 11) is 3.91. The van der Waals surface area contributed by atoms with Gasteiger partial charge in [0, 0.05) is 49.6 Å². The van der Waals surface area contributed by atoms with E-state index < -0.39 is 0 Å². The molecule has 1 saturated carbocycles. The number of ether oxygens (including phenoxy) is 1. The Hall–Kier alpha value is -0.770. The van der Waals surface area contributed by atoms with E-state index in [9.17, 15) is 0 Å². The van der Waals surface area contributed by atoms with E-state index in [1.807, 2.05) is 12.1 Å². The second kappa shape index (κ2) is 7.87. The number of rotatable bonds is 7. The molecule has 0 saturated heterocycles. The average molecular weight is 297 g/mol. The van der Waals surface area contributed by atoms with Crippen LogP contribution in [0.25, 0.3) is 0 Å². The van der Waals surface area contributed by atoms with Gasteiger partial charge in [0.2, 0.25) is 0 Å². The average Bonchev–Trinajstić information content (AvgIpc) is 2.98. The number of nitrogens with one attached hydrogen (secondary N) is 1. The Balaban J connectivity index is 2.08. The maximum atomic E-state index is 6.40. The van der Waals surface area contributed by atoms with Crippen molar-refractivity contribution >= 4 is 17.3 Å². The number of hydrogen-bond donors (Lipinski definition) is 1. The first-order chi connectivity index (χ1) is 9.74. The minimum atomic E-state index is 0.659. The molecule has 3 nitrogen and oxygen atoms in total. The first-order valence-corrected chi connectivity index (χ1v) is 7.81. The Labute approximate surface area is 127 Å². The van der Waals surface area contributed by atoms with Crippen LogP contribution >= 0.6 is 11.6 Å². The zero-order chi connectivity index (χ0) is 14.4. The number of hydrogen-bond acceptors (Lipinski definition) is 3. The molecule has 1 N–H and O–H groups in total. The molecule has 0 heterocycles. The SMILES string of the molecule is COCCNCc1c(Cl)cccc1N(C)C1CCCC1. The Kier molecular flexibility index (Phi) is 6.14. The molecule has 1 aromatic carbocycles. The lowest BCUT2D eigenvalue weighted by Gasteiger charge is -2.29. The molecule has 0 spiro atoms. The van der Waals surface area contributed by atoms with Gasteiger partial charge in [0.25, 0.3) is 0 Å². The lowest BCUT2D eigenvalue weighted by atomic mass is 10.1. The number of methoxy groups -OCH3 is 1. The molecular formula is C16H25ClN2O. The van der Waals surface area contributed by atoms with Gasteiger partial charge in [0.05, 0.1) is 6.61 Å². The van der Waals surface area contributed by atoms with Crippen molar-refractivity contribution < 1.29 is 4.74 Å². The van der Waals surface area contributed by atoms with E-state index in [1.54, 1.807) is 7.11 Å². The molecule has 20 heavy (non-hydrogen) atoms. The molecule has 0 atom stereocenters. The molecule has 0 aromatic heterocycles. The monoisotopic (exact) mass is 296 g/mol. The van der Waals surface area contributed by atoms with Crippen LogP contribution in [0, 0.1) is 0 Å². The van der Waals surface area contributed by atoms with Crippen molar-refractivity contribution in [2.75, 3.05) is 32.2 Å². The zero-order valence-electron chi connectivity index (χ0n) is 12.5. The number of nitrogens with zero attached hydrogens (tertiary/aromatic N) is 1. The third-order valence-electron chi connectivity index (χ3n) is 4.13. The van der Waals surface area contributed by atoms with Gasteiger partial charge >= 0.3 is 0 Å². The summed E-state index contributed by atoms with van der Waals surface area (Å²) in [6.07, 6.45) is 5.27. The highest BCUT2D eigenvalue weighted by Crippen LogP contribution is 2.32. The van der Waals surface area contributed by atoms with Gasteiger partial charge in [-0.05, 0) is 25.0 Å². The molecule has 1 aromatic rings. The van der Waals surface area contributed by atoms with Crippen LogP contribution < -0.4 is 10.2 Å². The van der Waals surface area contributed by atoms with Crippen molar-refractivity contribution in [2.24, 2.45) is 0 Å². The van der Waals surface area contributed by atoms with Gasteiger partial charge in [0.15, 0.2) is 0 Å². The fourth-order valence-corrected chi connectivity index (χ4v) is 3.16. The minimum Gasteiger partial charge on any atom is -0.383 e. The van der Waals surface area contributed by atoms with E-state index in [-0.39, 0.29) is 0 Å². The topological polar surface area (TPSA) is 24.5 Å². The van der Waals surface area contributed by atoms with Crippen molar-refractivity contribution in [2.45, 2.75) is 38.3 Å². The van der Waals surface area contributed by atoms with Crippen molar-refractivity contribution in [3.8, 4) is 0 Å². The van der Waals surface area contributed by atoms with E-state index in [0.29, 0.717) is 6.04 Å². The molecular weight excluding hydrogens is 272 g/mol. The summed E-state index contributed by atoms with van der Waals surface area (Å²) in [4.78, 5) is 2.41. The summed E-state index contributed by atoms with van der Waals surface area (Å²) in [6, 6.07) is 6.85. The number of benzene rings is 1. The fourth-order valence-electron chi connectivity index (χ4n) is 2.93. The standard InChI is InChI=1S/C16H25ClN2O/c1-19(13-6-3-4-7-13)16-9-5-8-15(17)14(16)12-18-10-11-20-2/h5,8-9,13,18H,3-4,6-7,10-12H2,1-2H3. The van der Waals surface area contributed by atoms with Crippen LogP contribution in [0.5, 0.6) is 0 Å². The maximum Gasteiger partial charge on any atom is 0.0587 e. The molecule has 1 fully saturated rings. The van der Waals surface area contributed by atoms with Crippen LogP contribution in [0.4, 0.5) is 5.69 Å². The van der Waals surface area contributed by atoms with Crippen molar-refractivity contribution in [1.29, 1.82) is 0 Å². The molecule has 0 bridgehead atoms. The lowest BCUT2D eigenvalue weighted by Crippen LogP contribution is -2.30. The molecule has 4 heteroatoms. The highest BCUT2D eigenvalue weighted by Gasteiger charge is 2.22. The highest BCUT2D eigenvalue weighted by molar-refractivity contribution is 6.31. The van der Waals surface area contributed by atoms with Gasteiger partial charge in [-0.15, -0.1) is 0 Å². The van der Waals surface area contributed by atoms with E-state index in [4.69, 9.17) is 16.3 Å². The van der Waals surface area contributed by atoms with Gasteiger partial charge in [-0.1, -0.05) is 30.5 Å². The Bertz CT molecular complexity index is 419. The predicted octanol–water partition coefficient (Wildman–Crippen LogP) is 3.45. The Morgan fingerprint density at radius 2 is 2.10 bits per heavy atom. The summed E-state index contributed by atoms with van der Waals surface area (Å²) < 4.78 is 5.06. The van der Waals surface area contributed by atoms with Crippen LogP contribution in [0.1, 0.15) is 31.2 Å². The summed E-state index contributed by atoms with van der Waals surface area (Å²) in [5, 5.41) is 4.24. The van der Waals surface area contributed by atoms with Crippen LogP contribution in [-0.4, -0.2) is 33.4 Å². The van der Waals surface area contributed by atoms with Crippen LogP contribution in [-0.2, 0) is 11.3 Å². The fraction of sp³-hybridized carbons (Fsp3) is 0.625. The van der Waals surface area contributed by atoms with Crippen LogP contribution in [0.2, 0.25) is 5.02 Å². The van der Waals surface area contributed by atoms with Gasteiger partial charge in [-0.3, -0.25) is 0 Å². The second-order valence-electron chi connectivity index (χ2n) is 5.46. The van der Waals surface area contributed by atoms with E-state index in [2.05, 4.69) is 23.3 Å². The number of anilines is 1. The van der Waals surface area contributed by atoms with Crippen LogP contribution in [0.3, 0.4) is 0 Å². The second-order valence-corrected chi connectivity index (χ2v) is 5.86. The number of halogens is 1. The third-order valence-corrected chi connectivity index (χ3v) is 4.49. The molecule has 112 valence electrons. The molecule has 1 aliphatic carbocycles. The van der Waals surface area contributed by atoms with Gasteiger partial charge in [-0.2, -0.15) is 0 Å². The lowest BCUT2D eigenvalue weighted by molar-refractivity contribution is 0.199. The predicted molar refractivity (Wildman–Crippen MR) is 85.7 cm³/mol. The van der Waals surface area contributed by atoms with E-state index in [0.717, 1.165) is 24.7 Å². The molecule has 0 aliphatic heterocycles. The third kappa shape index (κ3) is 3.87. The summed E-state index contributed by atoms with van der Waals surface area (Å²) in [5.41, 5.74) is 2.45. The molecule has 2 rings (SSSR count). The summed E-state index contributed by atoms with van der Waals surface area (Å²) in [5.74, 6) is 0. The van der Waals surface area contributed by atoms with Crippen LogP contribution in [0.15, 0.2) is 18.2 Å². The molecule has 0 unspecified atom stereocenters. The van der Waals surface area contributed by atoms with Gasteiger partial charge < -0.3 is 15.0 Å². The molecule has 0 radical (unpaired) electrons. The smallest absolute Gasteiger partial charge is 0.0587 e. The highest BCUT2D eigenvalue weighted by atomic mass is 35.5. The van der Waals surface area contributed by atoms with Gasteiger partial charge in [-0.25, -0.2) is 0 Å². The summed E-state index contributed by atoms with van der Waals surface area (Å²) in [6.45, 7) is 2.35. The van der Waals surface area contributed by atoms with E-state index >= 15 is 0 Å². The summed E-state index contributed by atoms with van der Waals surface area (Å²) >= 11 is 6.40. The largest absolute Gasteiger partial charge is 0.383 e. The van der Waals surface area contributed by atoms with Crippen molar-refractivity contribution in [3.05, 3.63) is 28.8 Å². The molecule has 0 amide bonds. The Morgan fingerprint density at radius 3 is 2.80 bits per heavy atom. The van der Waals surface area contributed by atoms with E-state index in [1.165, 1.54) is 36.9 Å². The Morgan fingerprint density at radius 1 is 1.35 bits per heavy atom. The van der Waals surface area contributed by atoms with Crippen molar-refractivity contribution in [1.82, 2.24) is 5.32 Å². The maximum absolute atomic E-state index is 6.40. The van der Waals surface area contributed by atoms with Crippen molar-refractivity contribution in [3.63, 3.8) is 0 Å². The minimum absolute atomic E-state index is 0.659. The molecule has 1 aliphatic rings. The van der Waals surface area contributed by atoms with Gasteiger partial charge in [0.1, 0.15) is 0 Å². The first kappa shape index (κ1) is 15.6. The zero-order valence-corrected chi connectivity index (χ0v) is 13.2.